The van der Waals surface area contributed by atoms with E-state index in [1.807, 2.05) is 38.1 Å². The Morgan fingerprint density at radius 3 is 2.50 bits per heavy atom. The van der Waals surface area contributed by atoms with E-state index >= 15 is 0 Å². The fraction of sp³-hybridized carbons (Fsp3) is 0.364. The molecule has 0 saturated carbocycles. The van der Waals surface area contributed by atoms with Gasteiger partial charge in [-0.15, -0.1) is 11.3 Å². The van der Waals surface area contributed by atoms with E-state index in [1.165, 1.54) is 11.3 Å². The molecule has 9 nitrogen and oxygen atoms in total. The second kappa shape index (κ2) is 9.39. The fourth-order valence-corrected chi connectivity index (χ4v) is 4.29. The number of para-hydroxylation sites is 1. The van der Waals surface area contributed by atoms with Crippen LogP contribution in [0.3, 0.4) is 0 Å². The molecule has 0 spiro atoms. The van der Waals surface area contributed by atoms with Crippen LogP contribution in [0.25, 0.3) is 10.9 Å². The minimum atomic E-state index is -0.683. The summed E-state index contributed by atoms with van der Waals surface area (Å²) in [7, 11) is 0. The number of carbonyl (C=O) groups is 3. The summed E-state index contributed by atoms with van der Waals surface area (Å²) < 4.78 is 0. The first kappa shape index (κ1) is 21.8. The molecule has 1 aromatic carbocycles. The second-order valence-electron chi connectivity index (χ2n) is 8.02. The lowest BCUT2D eigenvalue weighted by atomic mass is 10.0. The van der Waals surface area contributed by atoms with Gasteiger partial charge in [0.2, 0.25) is 5.91 Å². The minimum absolute atomic E-state index is 0.0506. The summed E-state index contributed by atoms with van der Waals surface area (Å²) in [6.45, 7) is 5.43. The van der Waals surface area contributed by atoms with Crippen LogP contribution < -0.4 is 10.6 Å². The van der Waals surface area contributed by atoms with Crippen LogP contribution in [0.2, 0.25) is 0 Å². The molecule has 3 aromatic rings. The Morgan fingerprint density at radius 1 is 1.09 bits per heavy atom. The predicted octanol–water partition coefficient (Wildman–Crippen LogP) is 2.76. The van der Waals surface area contributed by atoms with Gasteiger partial charge in [-0.1, -0.05) is 32.0 Å². The van der Waals surface area contributed by atoms with Crippen molar-refractivity contribution < 1.29 is 14.4 Å². The third-order valence-electron chi connectivity index (χ3n) is 5.56. The van der Waals surface area contributed by atoms with Gasteiger partial charge in [-0.05, 0) is 12.0 Å². The first-order valence-electron chi connectivity index (χ1n) is 10.5. The molecule has 1 aliphatic heterocycles. The zero-order chi connectivity index (χ0) is 22.7. The van der Waals surface area contributed by atoms with Gasteiger partial charge in [-0.3, -0.25) is 9.59 Å². The highest BCUT2D eigenvalue weighted by Gasteiger charge is 2.30. The summed E-state index contributed by atoms with van der Waals surface area (Å²) in [5.74, 6) is -0.439. The number of thiazole rings is 1. The van der Waals surface area contributed by atoms with Crippen LogP contribution in [0.4, 0.5) is 9.93 Å². The van der Waals surface area contributed by atoms with E-state index in [4.69, 9.17) is 0 Å². The maximum Gasteiger partial charge on any atom is 0.318 e. The molecule has 4 amide bonds. The molecule has 2 aromatic heterocycles. The van der Waals surface area contributed by atoms with Gasteiger partial charge in [0.1, 0.15) is 6.04 Å². The third kappa shape index (κ3) is 4.59. The SMILES string of the molecule is CC(C)[C@@H](NC(=O)N1CCN(C(=O)c2c[nH]c3ccccc23)CC1)C(=O)Nc1nccs1. The number of hydrogen-bond donors (Lipinski definition) is 3. The Morgan fingerprint density at radius 2 is 1.81 bits per heavy atom. The van der Waals surface area contributed by atoms with Crippen LogP contribution in [0, 0.1) is 5.92 Å². The van der Waals surface area contributed by atoms with Crippen LogP contribution in [0.5, 0.6) is 0 Å². The van der Waals surface area contributed by atoms with E-state index in [9.17, 15) is 14.4 Å². The minimum Gasteiger partial charge on any atom is -0.360 e. The maximum atomic E-state index is 13.0. The van der Waals surface area contributed by atoms with Crippen molar-refractivity contribution >= 4 is 45.2 Å². The molecule has 1 fully saturated rings. The number of rotatable bonds is 5. The predicted molar refractivity (Wildman–Crippen MR) is 124 cm³/mol. The number of nitrogens with zero attached hydrogens (tertiary/aromatic N) is 3. The van der Waals surface area contributed by atoms with E-state index in [1.54, 1.807) is 27.6 Å². The molecule has 3 heterocycles. The number of urea groups is 1. The largest absolute Gasteiger partial charge is 0.360 e. The molecule has 3 N–H and O–H groups in total. The molecule has 0 unspecified atom stereocenters. The topological polar surface area (TPSA) is 110 Å². The van der Waals surface area contributed by atoms with Gasteiger partial charge in [-0.25, -0.2) is 9.78 Å². The Kier molecular flexibility index (Phi) is 6.40. The number of carbonyl (C=O) groups excluding carboxylic acids is 3. The van der Waals surface area contributed by atoms with E-state index in [-0.39, 0.29) is 23.8 Å². The molecule has 1 aliphatic rings. The van der Waals surface area contributed by atoms with Gasteiger partial charge < -0.3 is 25.4 Å². The van der Waals surface area contributed by atoms with Crippen LogP contribution in [-0.4, -0.2) is 69.8 Å². The zero-order valence-corrected chi connectivity index (χ0v) is 18.8. The van der Waals surface area contributed by atoms with Crippen molar-refractivity contribution in [3.05, 3.63) is 47.6 Å². The van der Waals surface area contributed by atoms with Crippen molar-refractivity contribution in [3.63, 3.8) is 0 Å². The van der Waals surface area contributed by atoms with Crippen molar-refractivity contribution in [2.45, 2.75) is 19.9 Å². The number of fused-ring (bicyclic) bond motifs is 1. The second-order valence-corrected chi connectivity index (χ2v) is 8.92. The van der Waals surface area contributed by atoms with Crippen molar-refractivity contribution in [1.29, 1.82) is 0 Å². The summed E-state index contributed by atoms with van der Waals surface area (Å²) >= 11 is 1.32. The van der Waals surface area contributed by atoms with E-state index in [0.29, 0.717) is 36.9 Å². The van der Waals surface area contributed by atoms with Crippen LogP contribution in [-0.2, 0) is 4.79 Å². The number of aromatic nitrogens is 2. The standard InChI is InChI=1S/C22H26N6O3S/c1-14(2)18(19(29)26-21-23-7-12-32-21)25-22(31)28-10-8-27(9-11-28)20(30)16-13-24-17-6-4-3-5-15(16)17/h3-7,12-14,18,24H,8-11H2,1-2H3,(H,25,31)(H,23,26,29)/t18-/m1/s1. The van der Waals surface area contributed by atoms with Gasteiger partial charge in [-0.2, -0.15) is 0 Å². The summed E-state index contributed by atoms with van der Waals surface area (Å²) in [4.78, 5) is 49.0. The highest BCUT2D eigenvalue weighted by molar-refractivity contribution is 7.13. The number of benzene rings is 1. The number of amides is 4. The Balaban J connectivity index is 1.34. The number of nitrogens with one attached hydrogen (secondary N) is 3. The average Bonchev–Trinajstić information content (AvgIpc) is 3.46. The van der Waals surface area contributed by atoms with E-state index < -0.39 is 6.04 Å². The Hall–Kier alpha value is -3.40. The number of anilines is 1. The molecule has 0 aliphatic carbocycles. The van der Waals surface area contributed by atoms with Crippen LogP contribution in [0.1, 0.15) is 24.2 Å². The van der Waals surface area contributed by atoms with Gasteiger partial charge in [0.15, 0.2) is 5.13 Å². The van der Waals surface area contributed by atoms with E-state index in [2.05, 4.69) is 20.6 Å². The molecule has 1 saturated heterocycles. The van der Waals surface area contributed by atoms with E-state index in [0.717, 1.165) is 10.9 Å². The summed E-state index contributed by atoms with van der Waals surface area (Å²) in [5, 5.41) is 8.75. The lowest BCUT2D eigenvalue weighted by Crippen LogP contribution is -2.57. The Bertz CT molecular complexity index is 1100. The zero-order valence-electron chi connectivity index (χ0n) is 18.0. The van der Waals surface area contributed by atoms with Gasteiger partial charge in [0.25, 0.3) is 5.91 Å². The third-order valence-corrected chi connectivity index (χ3v) is 6.25. The van der Waals surface area contributed by atoms with Crippen molar-refractivity contribution in [2.75, 3.05) is 31.5 Å². The van der Waals surface area contributed by atoms with Crippen molar-refractivity contribution in [3.8, 4) is 0 Å². The average molecular weight is 455 g/mol. The number of hydrogen-bond acceptors (Lipinski definition) is 5. The molecule has 0 bridgehead atoms. The lowest BCUT2D eigenvalue weighted by Gasteiger charge is -2.35. The first-order chi connectivity index (χ1) is 15.4. The molecule has 0 radical (unpaired) electrons. The van der Waals surface area contributed by atoms with Gasteiger partial charge in [0.05, 0.1) is 5.56 Å². The molecule has 32 heavy (non-hydrogen) atoms. The molecular formula is C22H26N6O3S. The Labute approximate surface area is 189 Å². The van der Waals surface area contributed by atoms with Crippen LogP contribution >= 0.6 is 11.3 Å². The molecular weight excluding hydrogens is 428 g/mol. The maximum absolute atomic E-state index is 13.0. The van der Waals surface area contributed by atoms with Crippen molar-refractivity contribution in [2.24, 2.45) is 5.92 Å². The molecule has 168 valence electrons. The quantitative estimate of drug-likeness (QED) is 0.551. The summed E-state index contributed by atoms with van der Waals surface area (Å²) in [6.07, 6.45) is 3.35. The van der Waals surface area contributed by atoms with Crippen LogP contribution in [0.15, 0.2) is 42.0 Å². The lowest BCUT2D eigenvalue weighted by molar-refractivity contribution is -0.118. The number of H-pyrrole nitrogens is 1. The van der Waals surface area contributed by atoms with Crippen molar-refractivity contribution in [1.82, 2.24) is 25.1 Å². The van der Waals surface area contributed by atoms with Gasteiger partial charge in [0, 0.05) is 54.9 Å². The summed E-state index contributed by atoms with van der Waals surface area (Å²) in [5.41, 5.74) is 1.56. The van der Waals surface area contributed by atoms with Gasteiger partial charge >= 0.3 is 6.03 Å². The molecule has 10 heteroatoms. The number of piperazine rings is 1. The molecule has 1 atom stereocenters. The highest BCUT2D eigenvalue weighted by atomic mass is 32.1. The number of aromatic amines is 1. The monoisotopic (exact) mass is 454 g/mol. The highest BCUT2D eigenvalue weighted by Crippen LogP contribution is 2.20. The summed E-state index contributed by atoms with van der Waals surface area (Å²) in [6, 6.07) is 6.70. The fourth-order valence-electron chi connectivity index (χ4n) is 3.76. The first-order valence-corrected chi connectivity index (χ1v) is 11.4. The smallest absolute Gasteiger partial charge is 0.318 e. The normalized spacial score (nSPS) is 15.1. The molecule has 4 rings (SSSR count).